The van der Waals surface area contributed by atoms with Gasteiger partial charge in [-0.2, -0.15) is 0 Å². The van der Waals surface area contributed by atoms with Gasteiger partial charge in [-0.3, -0.25) is 4.98 Å². The van der Waals surface area contributed by atoms with Crippen molar-refractivity contribution in [1.82, 2.24) is 10.3 Å². The topological polar surface area (TPSA) is 24.9 Å². The summed E-state index contributed by atoms with van der Waals surface area (Å²) in [6, 6.07) is 5.00. The van der Waals surface area contributed by atoms with Crippen LogP contribution in [0.15, 0.2) is 18.3 Å². The van der Waals surface area contributed by atoms with Crippen molar-refractivity contribution < 1.29 is 0 Å². The van der Waals surface area contributed by atoms with E-state index in [0.29, 0.717) is 17.4 Å². The van der Waals surface area contributed by atoms with Crippen LogP contribution in [0.3, 0.4) is 0 Å². The van der Waals surface area contributed by atoms with Gasteiger partial charge in [0.2, 0.25) is 0 Å². The first-order valence-corrected chi connectivity index (χ1v) is 8.30. The Morgan fingerprint density at radius 1 is 1.45 bits per heavy atom. The van der Waals surface area contributed by atoms with Crippen LogP contribution in [-0.4, -0.2) is 17.6 Å². The average molecular weight is 272 g/mol. The van der Waals surface area contributed by atoms with Gasteiger partial charge in [0.05, 0.1) is 0 Å². The lowest BCUT2D eigenvalue weighted by Crippen LogP contribution is -2.40. The number of pyridine rings is 1. The van der Waals surface area contributed by atoms with E-state index >= 15 is 0 Å². The van der Waals surface area contributed by atoms with Crippen molar-refractivity contribution >= 4 is 0 Å². The Morgan fingerprint density at radius 3 is 2.95 bits per heavy atom. The number of rotatable bonds is 5. The normalized spacial score (nSPS) is 28.8. The summed E-state index contributed by atoms with van der Waals surface area (Å²) in [4.78, 5) is 4.75. The third kappa shape index (κ3) is 2.63. The Morgan fingerprint density at radius 2 is 2.25 bits per heavy atom. The molecular weight excluding hydrogens is 244 g/mol. The maximum atomic E-state index is 4.75. The predicted molar refractivity (Wildman–Crippen MR) is 83.9 cm³/mol. The molecule has 2 heteroatoms. The van der Waals surface area contributed by atoms with E-state index in [0.717, 1.165) is 12.5 Å². The van der Waals surface area contributed by atoms with Crippen molar-refractivity contribution in [2.45, 2.75) is 64.8 Å². The zero-order chi connectivity index (χ0) is 14.2. The molecule has 1 fully saturated rings. The Bertz CT molecular complexity index is 466. The molecule has 0 spiro atoms. The minimum absolute atomic E-state index is 0.526. The van der Waals surface area contributed by atoms with Crippen LogP contribution < -0.4 is 5.32 Å². The van der Waals surface area contributed by atoms with E-state index in [-0.39, 0.29) is 0 Å². The minimum atomic E-state index is 0.526. The van der Waals surface area contributed by atoms with Gasteiger partial charge in [0.15, 0.2) is 0 Å². The standard InChI is InChI=1S/C18H28N2/c1-4-10-19-17(15-12-18(15,2)3)14-9-5-7-13-8-6-11-20-16(13)14/h6,8,11,14-15,17,19H,4-5,7,9-10,12H2,1-3H3. The molecule has 1 aromatic rings. The molecule has 0 radical (unpaired) electrons. The Labute approximate surface area is 123 Å². The number of aromatic nitrogens is 1. The molecule has 2 nitrogen and oxygen atoms in total. The molecular formula is C18H28N2. The van der Waals surface area contributed by atoms with E-state index in [1.54, 1.807) is 0 Å². The van der Waals surface area contributed by atoms with Gasteiger partial charge in [0, 0.05) is 23.9 Å². The SMILES string of the molecule is CCCNC(C1CCCc2cccnc21)C1CC1(C)C. The Balaban J connectivity index is 1.84. The van der Waals surface area contributed by atoms with Crippen molar-refractivity contribution in [3.63, 3.8) is 0 Å². The first-order valence-electron chi connectivity index (χ1n) is 8.30. The highest BCUT2D eigenvalue weighted by Gasteiger charge is 2.52. The van der Waals surface area contributed by atoms with Gasteiger partial charge in [-0.15, -0.1) is 0 Å². The first-order chi connectivity index (χ1) is 9.63. The summed E-state index contributed by atoms with van der Waals surface area (Å²) in [5.41, 5.74) is 3.40. The van der Waals surface area contributed by atoms with Gasteiger partial charge >= 0.3 is 0 Å². The van der Waals surface area contributed by atoms with Gasteiger partial charge in [-0.1, -0.05) is 26.8 Å². The number of nitrogens with one attached hydrogen (secondary N) is 1. The number of nitrogens with zero attached hydrogens (tertiary/aromatic N) is 1. The van der Waals surface area contributed by atoms with Crippen molar-refractivity contribution in [3.8, 4) is 0 Å². The second-order valence-corrected chi connectivity index (χ2v) is 7.33. The molecule has 2 aliphatic rings. The minimum Gasteiger partial charge on any atom is -0.313 e. The molecule has 0 amide bonds. The fourth-order valence-corrected chi connectivity index (χ4v) is 3.99. The van der Waals surface area contributed by atoms with Crippen LogP contribution >= 0.6 is 0 Å². The Kier molecular flexibility index (Phi) is 3.85. The smallest absolute Gasteiger partial charge is 0.0482 e. The van der Waals surface area contributed by atoms with E-state index < -0.39 is 0 Å². The number of aryl methyl sites for hydroxylation is 1. The lowest BCUT2D eigenvalue weighted by atomic mass is 9.79. The van der Waals surface area contributed by atoms with Crippen LogP contribution in [0.2, 0.25) is 0 Å². The zero-order valence-electron chi connectivity index (χ0n) is 13.2. The molecule has 0 bridgehead atoms. The maximum Gasteiger partial charge on any atom is 0.0482 e. The molecule has 1 saturated carbocycles. The number of hydrogen-bond acceptors (Lipinski definition) is 2. The molecule has 20 heavy (non-hydrogen) atoms. The molecule has 3 rings (SSSR count). The molecule has 1 N–H and O–H groups in total. The average Bonchev–Trinajstić information content (AvgIpc) is 3.08. The molecule has 3 atom stereocenters. The van der Waals surface area contributed by atoms with E-state index in [4.69, 9.17) is 4.98 Å². The molecule has 1 heterocycles. The van der Waals surface area contributed by atoms with E-state index in [9.17, 15) is 0 Å². The van der Waals surface area contributed by atoms with Crippen molar-refractivity contribution in [1.29, 1.82) is 0 Å². The predicted octanol–water partition coefficient (Wildman–Crippen LogP) is 3.92. The maximum absolute atomic E-state index is 4.75. The Hall–Kier alpha value is -0.890. The van der Waals surface area contributed by atoms with E-state index in [1.807, 2.05) is 6.20 Å². The second-order valence-electron chi connectivity index (χ2n) is 7.33. The number of fused-ring (bicyclic) bond motifs is 1. The highest BCUT2D eigenvalue weighted by molar-refractivity contribution is 5.28. The van der Waals surface area contributed by atoms with Crippen LogP contribution in [-0.2, 0) is 6.42 Å². The molecule has 1 aromatic heterocycles. The highest BCUT2D eigenvalue weighted by Crippen LogP contribution is 2.56. The highest BCUT2D eigenvalue weighted by atomic mass is 15.0. The van der Waals surface area contributed by atoms with Crippen molar-refractivity contribution in [2.24, 2.45) is 11.3 Å². The summed E-state index contributed by atoms with van der Waals surface area (Å²) < 4.78 is 0. The van der Waals surface area contributed by atoms with Gasteiger partial charge in [-0.25, -0.2) is 0 Å². The fourth-order valence-electron chi connectivity index (χ4n) is 3.99. The second kappa shape index (κ2) is 5.48. The fraction of sp³-hybridized carbons (Fsp3) is 0.722. The van der Waals surface area contributed by atoms with Gasteiger partial charge in [-0.05, 0) is 61.6 Å². The van der Waals surface area contributed by atoms with Crippen LogP contribution in [0.4, 0.5) is 0 Å². The summed E-state index contributed by atoms with van der Waals surface area (Å²) in [5, 5.41) is 3.86. The van der Waals surface area contributed by atoms with Crippen LogP contribution in [0.1, 0.15) is 63.6 Å². The first kappa shape index (κ1) is 14.1. The summed E-state index contributed by atoms with van der Waals surface area (Å²) in [5.74, 6) is 1.45. The largest absolute Gasteiger partial charge is 0.313 e. The third-order valence-electron chi connectivity index (χ3n) is 5.33. The van der Waals surface area contributed by atoms with E-state index in [2.05, 4.69) is 38.2 Å². The summed E-state index contributed by atoms with van der Waals surface area (Å²) in [6.45, 7) is 8.23. The summed E-state index contributed by atoms with van der Waals surface area (Å²) in [6.07, 6.45) is 8.40. The van der Waals surface area contributed by atoms with Crippen molar-refractivity contribution in [3.05, 3.63) is 29.6 Å². The quantitative estimate of drug-likeness (QED) is 0.879. The number of hydrogen-bond donors (Lipinski definition) is 1. The molecule has 0 aromatic carbocycles. The molecule has 3 unspecified atom stereocenters. The van der Waals surface area contributed by atoms with Crippen LogP contribution in [0, 0.1) is 11.3 Å². The van der Waals surface area contributed by atoms with Crippen LogP contribution in [0.25, 0.3) is 0 Å². The lowest BCUT2D eigenvalue weighted by molar-refractivity contribution is 0.322. The van der Waals surface area contributed by atoms with Gasteiger partial charge in [0.25, 0.3) is 0 Å². The summed E-state index contributed by atoms with van der Waals surface area (Å²) in [7, 11) is 0. The molecule has 0 saturated heterocycles. The monoisotopic (exact) mass is 272 g/mol. The summed E-state index contributed by atoms with van der Waals surface area (Å²) >= 11 is 0. The van der Waals surface area contributed by atoms with Gasteiger partial charge < -0.3 is 5.32 Å². The zero-order valence-corrected chi connectivity index (χ0v) is 13.2. The molecule has 110 valence electrons. The van der Waals surface area contributed by atoms with Crippen LogP contribution in [0.5, 0.6) is 0 Å². The third-order valence-corrected chi connectivity index (χ3v) is 5.33. The van der Waals surface area contributed by atoms with E-state index in [1.165, 1.54) is 43.4 Å². The van der Waals surface area contributed by atoms with Crippen molar-refractivity contribution in [2.75, 3.05) is 6.54 Å². The molecule has 0 aliphatic heterocycles. The lowest BCUT2D eigenvalue weighted by Gasteiger charge is -2.33. The van der Waals surface area contributed by atoms with Gasteiger partial charge in [0.1, 0.15) is 0 Å². The molecule has 2 aliphatic carbocycles.